The van der Waals surface area contributed by atoms with Gasteiger partial charge in [-0.15, -0.1) is 0 Å². The van der Waals surface area contributed by atoms with Crippen LogP contribution in [0.3, 0.4) is 0 Å². The first-order valence-corrected chi connectivity index (χ1v) is 5.52. The average molecular weight is 303 g/mol. The molecule has 2 aromatic rings. The van der Waals surface area contributed by atoms with E-state index in [1.165, 1.54) is 0 Å². The molecule has 0 saturated carbocycles. The number of nitro benzene ring substituents is 1. The van der Waals surface area contributed by atoms with Crippen LogP contribution in [0.4, 0.5) is 27.6 Å². The molecule has 2 rings (SSSR count). The Hall–Kier alpha value is -2.51. The second-order valence-corrected chi connectivity index (χ2v) is 4.09. The molecule has 0 aliphatic heterocycles. The third-order valence-corrected chi connectivity index (χ3v) is 2.76. The number of benzene rings is 2. The van der Waals surface area contributed by atoms with E-state index >= 15 is 0 Å². The Balaban J connectivity index is 2.70. The van der Waals surface area contributed by atoms with E-state index in [0.717, 1.165) is 24.3 Å². The normalized spacial score (nSPS) is 11.5. The van der Waals surface area contributed by atoms with Gasteiger partial charge in [0.25, 0.3) is 5.69 Å². The Kier molecular flexibility index (Phi) is 3.63. The van der Waals surface area contributed by atoms with Crippen LogP contribution in [0.5, 0.6) is 0 Å². The summed E-state index contributed by atoms with van der Waals surface area (Å²) >= 11 is 0. The van der Waals surface area contributed by atoms with Gasteiger partial charge in [-0.3, -0.25) is 10.1 Å². The molecule has 110 valence electrons. The van der Waals surface area contributed by atoms with Crippen LogP contribution in [-0.2, 0) is 6.18 Å². The Morgan fingerprint density at radius 1 is 1.00 bits per heavy atom. The molecule has 0 atom stereocenters. The maximum Gasteiger partial charge on any atom is 0.416 e. The fraction of sp³-hybridized carbons (Fsp3) is 0.0769. The molecule has 0 heterocycles. The zero-order valence-electron chi connectivity index (χ0n) is 10.1. The summed E-state index contributed by atoms with van der Waals surface area (Å²) in [4.78, 5) is 9.82. The van der Waals surface area contributed by atoms with Crippen LogP contribution in [0.15, 0.2) is 36.4 Å². The molecule has 0 aromatic heterocycles. The Labute approximate surface area is 114 Å². The van der Waals surface area contributed by atoms with Crippen molar-refractivity contribution in [3.05, 3.63) is 63.7 Å². The van der Waals surface area contributed by atoms with Gasteiger partial charge < -0.3 is 0 Å². The summed E-state index contributed by atoms with van der Waals surface area (Å²) in [7, 11) is 0. The molecule has 0 fully saturated rings. The summed E-state index contributed by atoms with van der Waals surface area (Å²) < 4.78 is 64.4. The van der Waals surface area contributed by atoms with Crippen LogP contribution < -0.4 is 0 Å². The molecule has 2 aromatic carbocycles. The van der Waals surface area contributed by atoms with Crippen molar-refractivity contribution in [3.63, 3.8) is 0 Å². The molecule has 0 aliphatic carbocycles. The smallest absolute Gasteiger partial charge is 0.258 e. The highest BCUT2D eigenvalue weighted by Crippen LogP contribution is 2.37. The van der Waals surface area contributed by atoms with Gasteiger partial charge in [0.2, 0.25) is 0 Å². The number of hydrogen-bond donors (Lipinski definition) is 0. The van der Waals surface area contributed by atoms with Crippen LogP contribution in [-0.4, -0.2) is 4.92 Å². The SMILES string of the molecule is O=[N+]([O-])c1cc(C(F)(F)F)ccc1-c1cccc(F)c1F. The predicted octanol–water partition coefficient (Wildman–Crippen LogP) is 4.56. The lowest BCUT2D eigenvalue weighted by molar-refractivity contribution is -0.384. The van der Waals surface area contributed by atoms with Crippen molar-refractivity contribution in [3.8, 4) is 11.1 Å². The Morgan fingerprint density at radius 3 is 2.24 bits per heavy atom. The molecule has 0 saturated heterocycles. The summed E-state index contributed by atoms with van der Waals surface area (Å²) in [5, 5.41) is 10.9. The number of rotatable bonds is 2. The van der Waals surface area contributed by atoms with Gasteiger partial charge in [0.15, 0.2) is 11.6 Å². The van der Waals surface area contributed by atoms with Gasteiger partial charge in [-0.25, -0.2) is 8.78 Å². The van der Waals surface area contributed by atoms with Gasteiger partial charge in [-0.1, -0.05) is 12.1 Å². The molecular weight excluding hydrogens is 297 g/mol. The minimum Gasteiger partial charge on any atom is -0.258 e. The molecular formula is C13H6F5NO2. The van der Waals surface area contributed by atoms with E-state index in [2.05, 4.69) is 0 Å². The third-order valence-electron chi connectivity index (χ3n) is 2.76. The van der Waals surface area contributed by atoms with Crippen LogP contribution in [0, 0.1) is 21.7 Å². The maximum absolute atomic E-state index is 13.6. The Morgan fingerprint density at radius 2 is 1.67 bits per heavy atom. The quantitative estimate of drug-likeness (QED) is 0.464. The van der Waals surface area contributed by atoms with E-state index in [1.807, 2.05) is 0 Å². The fourth-order valence-corrected chi connectivity index (χ4v) is 1.80. The zero-order valence-corrected chi connectivity index (χ0v) is 10.1. The van der Waals surface area contributed by atoms with Crippen molar-refractivity contribution >= 4 is 5.69 Å². The average Bonchev–Trinajstić information content (AvgIpc) is 2.40. The lowest BCUT2D eigenvalue weighted by atomic mass is 10.0. The number of hydrogen-bond acceptors (Lipinski definition) is 2. The van der Waals surface area contributed by atoms with Crippen LogP contribution in [0.2, 0.25) is 0 Å². The summed E-state index contributed by atoms with van der Waals surface area (Å²) in [6.07, 6.45) is -4.77. The highest BCUT2D eigenvalue weighted by molar-refractivity contribution is 5.74. The van der Waals surface area contributed by atoms with Crippen LogP contribution in [0.1, 0.15) is 5.56 Å². The maximum atomic E-state index is 13.6. The van der Waals surface area contributed by atoms with Gasteiger partial charge in [0, 0.05) is 11.6 Å². The standard InChI is InChI=1S/C13H6F5NO2/c14-10-3-1-2-9(12(10)15)8-5-4-7(13(16,17)18)6-11(8)19(20)21/h1-6H. The fourth-order valence-electron chi connectivity index (χ4n) is 1.80. The summed E-state index contributed by atoms with van der Waals surface area (Å²) in [6, 6.07) is 4.57. The van der Waals surface area contributed by atoms with E-state index in [-0.39, 0.29) is 0 Å². The topological polar surface area (TPSA) is 43.1 Å². The van der Waals surface area contributed by atoms with Crippen LogP contribution in [0.25, 0.3) is 11.1 Å². The molecule has 21 heavy (non-hydrogen) atoms. The second-order valence-electron chi connectivity index (χ2n) is 4.09. The van der Waals surface area contributed by atoms with E-state index in [9.17, 15) is 32.1 Å². The number of alkyl halides is 3. The first kappa shape index (κ1) is 14.9. The summed E-state index contributed by atoms with van der Waals surface area (Å²) in [6.45, 7) is 0. The number of nitrogens with zero attached hydrogens (tertiary/aromatic N) is 1. The van der Waals surface area contributed by atoms with Crippen molar-refractivity contribution in [1.29, 1.82) is 0 Å². The summed E-state index contributed by atoms with van der Waals surface area (Å²) in [5.74, 6) is -2.61. The lowest BCUT2D eigenvalue weighted by Crippen LogP contribution is -2.06. The molecule has 0 amide bonds. The molecule has 0 unspecified atom stereocenters. The molecule has 0 bridgehead atoms. The highest BCUT2D eigenvalue weighted by atomic mass is 19.4. The molecule has 8 heteroatoms. The van der Waals surface area contributed by atoms with Crippen molar-refractivity contribution in [1.82, 2.24) is 0 Å². The van der Waals surface area contributed by atoms with E-state index in [4.69, 9.17) is 0 Å². The van der Waals surface area contributed by atoms with Crippen LogP contribution >= 0.6 is 0 Å². The van der Waals surface area contributed by atoms with Crippen molar-refractivity contribution in [2.24, 2.45) is 0 Å². The predicted molar refractivity (Wildman–Crippen MR) is 63.5 cm³/mol. The number of halogens is 5. The van der Waals surface area contributed by atoms with Gasteiger partial charge in [0.1, 0.15) is 0 Å². The first-order chi connectivity index (χ1) is 9.71. The Bertz CT molecular complexity index is 712. The van der Waals surface area contributed by atoms with Gasteiger partial charge in [-0.05, 0) is 18.2 Å². The minimum atomic E-state index is -4.77. The largest absolute Gasteiger partial charge is 0.416 e. The van der Waals surface area contributed by atoms with Crippen molar-refractivity contribution in [2.45, 2.75) is 6.18 Å². The van der Waals surface area contributed by atoms with E-state index in [0.29, 0.717) is 12.1 Å². The third kappa shape index (κ3) is 2.83. The molecule has 0 spiro atoms. The van der Waals surface area contributed by atoms with Crippen molar-refractivity contribution < 1.29 is 26.9 Å². The van der Waals surface area contributed by atoms with E-state index < -0.39 is 45.1 Å². The lowest BCUT2D eigenvalue weighted by Gasteiger charge is -2.09. The van der Waals surface area contributed by atoms with Gasteiger partial charge in [-0.2, -0.15) is 13.2 Å². The molecule has 0 N–H and O–H groups in total. The first-order valence-electron chi connectivity index (χ1n) is 5.52. The monoisotopic (exact) mass is 303 g/mol. The highest BCUT2D eigenvalue weighted by Gasteiger charge is 2.33. The zero-order chi connectivity index (χ0) is 15.8. The minimum absolute atomic E-state index is 0.291. The molecule has 3 nitrogen and oxygen atoms in total. The summed E-state index contributed by atoms with van der Waals surface area (Å²) in [5.41, 5.74) is -3.09. The molecule has 0 radical (unpaired) electrons. The van der Waals surface area contributed by atoms with Gasteiger partial charge >= 0.3 is 6.18 Å². The molecule has 0 aliphatic rings. The second kappa shape index (κ2) is 5.12. The van der Waals surface area contributed by atoms with E-state index in [1.54, 1.807) is 0 Å². The van der Waals surface area contributed by atoms with Gasteiger partial charge in [0.05, 0.1) is 16.1 Å². The number of nitro groups is 1. The van der Waals surface area contributed by atoms with Crippen molar-refractivity contribution in [2.75, 3.05) is 0 Å².